The Bertz CT molecular complexity index is 680. The van der Waals surface area contributed by atoms with E-state index in [0.717, 1.165) is 12.1 Å². The SMILES string of the molecule is N#Cc1cc(F)ccc1Oc1cnccc1C(=O)O. The van der Waals surface area contributed by atoms with Crippen LogP contribution in [0, 0.1) is 17.1 Å². The topological polar surface area (TPSA) is 83.2 Å². The fourth-order valence-electron chi connectivity index (χ4n) is 1.44. The molecule has 0 saturated heterocycles. The summed E-state index contributed by atoms with van der Waals surface area (Å²) in [6.07, 6.45) is 2.53. The molecule has 1 N–H and O–H groups in total. The van der Waals surface area contributed by atoms with Crippen LogP contribution in [0.4, 0.5) is 4.39 Å². The van der Waals surface area contributed by atoms with Gasteiger partial charge in [0, 0.05) is 6.20 Å². The maximum atomic E-state index is 13.0. The van der Waals surface area contributed by atoms with Gasteiger partial charge in [0.25, 0.3) is 0 Å². The molecule has 0 spiro atoms. The molecule has 94 valence electrons. The highest BCUT2D eigenvalue weighted by Crippen LogP contribution is 2.27. The minimum Gasteiger partial charge on any atom is -0.478 e. The van der Waals surface area contributed by atoms with Crippen LogP contribution in [0.2, 0.25) is 0 Å². The lowest BCUT2D eigenvalue weighted by Crippen LogP contribution is -2.01. The van der Waals surface area contributed by atoms with Gasteiger partial charge in [-0.2, -0.15) is 5.26 Å². The number of nitriles is 1. The molecule has 0 fully saturated rings. The third-order valence-corrected chi connectivity index (χ3v) is 2.30. The highest BCUT2D eigenvalue weighted by atomic mass is 19.1. The lowest BCUT2D eigenvalue weighted by Gasteiger charge is -2.09. The van der Waals surface area contributed by atoms with Crippen molar-refractivity contribution in [3.05, 3.63) is 53.6 Å². The zero-order valence-electron chi connectivity index (χ0n) is 9.50. The molecule has 0 aliphatic heterocycles. The van der Waals surface area contributed by atoms with E-state index in [1.807, 2.05) is 0 Å². The van der Waals surface area contributed by atoms with Crippen LogP contribution in [0.3, 0.4) is 0 Å². The number of carboxylic acid groups (broad SMARTS) is 1. The van der Waals surface area contributed by atoms with Crippen LogP contribution in [0.1, 0.15) is 15.9 Å². The Morgan fingerprint density at radius 2 is 2.16 bits per heavy atom. The second-order valence-corrected chi connectivity index (χ2v) is 3.53. The molecule has 19 heavy (non-hydrogen) atoms. The molecular formula is C13H7FN2O3. The number of hydrogen-bond acceptors (Lipinski definition) is 4. The van der Waals surface area contributed by atoms with Gasteiger partial charge in [0.05, 0.1) is 11.8 Å². The average molecular weight is 258 g/mol. The van der Waals surface area contributed by atoms with Gasteiger partial charge >= 0.3 is 5.97 Å². The van der Waals surface area contributed by atoms with Crippen LogP contribution < -0.4 is 4.74 Å². The van der Waals surface area contributed by atoms with Crippen molar-refractivity contribution in [2.24, 2.45) is 0 Å². The van der Waals surface area contributed by atoms with Gasteiger partial charge in [-0.25, -0.2) is 9.18 Å². The predicted octanol–water partition coefficient (Wildman–Crippen LogP) is 2.58. The monoisotopic (exact) mass is 258 g/mol. The summed E-state index contributed by atoms with van der Waals surface area (Å²) >= 11 is 0. The zero-order valence-corrected chi connectivity index (χ0v) is 9.50. The highest BCUT2D eigenvalue weighted by molar-refractivity contribution is 5.90. The molecule has 0 aliphatic carbocycles. The Hall–Kier alpha value is -2.94. The number of ether oxygens (including phenoxy) is 1. The lowest BCUT2D eigenvalue weighted by atomic mass is 10.2. The zero-order chi connectivity index (χ0) is 13.8. The number of aromatic nitrogens is 1. The number of carboxylic acids is 1. The van der Waals surface area contributed by atoms with Gasteiger partial charge in [-0.15, -0.1) is 0 Å². The molecule has 0 radical (unpaired) electrons. The van der Waals surface area contributed by atoms with Crippen LogP contribution in [0.25, 0.3) is 0 Å². The third-order valence-electron chi connectivity index (χ3n) is 2.30. The fourth-order valence-corrected chi connectivity index (χ4v) is 1.44. The number of hydrogen-bond donors (Lipinski definition) is 1. The number of halogens is 1. The summed E-state index contributed by atoms with van der Waals surface area (Å²) in [5.74, 6) is -1.70. The Morgan fingerprint density at radius 1 is 1.37 bits per heavy atom. The van der Waals surface area contributed by atoms with Gasteiger partial charge in [0.2, 0.25) is 0 Å². The number of nitrogens with zero attached hydrogens (tertiary/aromatic N) is 2. The first-order chi connectivity index (χ1) is 9.11. The van der Waals surface area contributed by atoms with Crippen molar-refractivity contribution >= 4 is 5.97 Å². The first-order valence-electron chi connectivity index (χ1n) is 5.16. The third kappa shape index (κ3) is 2.66. The molecule has 1 heterocycles. The van der Waals surface area contributed by atoms with Crippen molar-refractivity contribution in [3.63, 3.8) is 0 Å². The number of rotatable bonds is 3. The van der Waals surface area contributed by atoms with Crippen molar-refractivity contribution in [2.75, 3.05) is 0 Å². The van der Waals surface area contributed by atoms with Crippen molar-refractivity contribution in [2.45, 2.75) is 0 Å². The van der Waals surface area contributed by atoms with E-state index in [0.29, 0.717) is 0 Å². The van der Waals surface area contributed by atoms with E-state index in [-0.39, 0.29) is 22.6 Å². The Kier molecular flexibility index (Phi) is 3.39. The molecule has 1 aromatic heterocycles. The summed E-state index contributed by atoms with van der Waals surface area (Å²) in [6, 6.07) is 6.42. The van der Waals surface area contributed by atoms with Gasteiger partial charge in [-0.05, 0) is 24.3 Å². The highest BCUT2D eigenvalue weighted by Gasteiger charge is 2.13. The van der Waals surface area contributed by atoms with Crippen molar-refractivity contribution in [1.82, 2.24) is 4.98 Å². The standard InChI is InChI=1S/C13H7FN2O3/c14-9-1-2-11(8(5-9)6-15)19-12-7-16-4-3-10(12)13(17)18/h1-5,7H,(H,17,18). The quantitative estimate of drug-likeness (QED) is 0.914. The molecule has 0 amide bonds. The second kappa shape index (κ2) is 5.14. The number of aromatic carboxylic acids is 1. The maximum absolute atomic E-state index is 13.0. The fraction of sp³-hybridized carbons (Fsp3) is 0. The summed E-state index contributed by atoms with van der Waals surface area (Å²) in [5.41, 5.74) is -0.122. The molecule has 2 rings (SSSR count). The number of pyridine rings is 1. The van der Waals surface area contributed by atoms with E-state index < -0.39 is 11.8 Å². The first kappa shape index (κ1) is 12.5. The smallest absolute Gasteiger partial charge is 0.339 e. The van der Waals surface area contributed by atoms with E-state index in [1.54, 1.807) is 6.07 Å². The maximum Gasteiger partial charge on any atom is 0.339 e. The summed E-state index contributed by atoms with van der Waals surface area (Å²) in [7, 11) is 0. The number of benzene rings is 1. The molecule has 0 unspecified atom stereocenters. The van der Waals surface area contributed by atoms with Gasteiger partial charge in [-0.3, -0.25) is 4.98 Å². The van der Waals surface area contributed by atoms with Crippen LogP contribution in [-0.2, 0) is 0 Å². The first-order valence-corrected chi connectivity index (χ1v) is 5.16. The van der Waals surface area contributed by atoms with Crippen molar-refractivity contribution in [1.29, 1.82) is 5.26 Å². The molecule has 5 nitrogen and oxygen atoms in total. The minimum atomic E-state index is -1.18. The molecule has 2 aromatic rings. The Labute approximate surface area is 107 Å². The molecule has 0 aliphatic rings. The molecular weight excluding hydrogens is 251 g/mol. The molecule has 6 heteroatoms. The predicted molar refractivity (Wildman–Crippen MR) is 62.4 cm³/mol. The number of carbonyl (C=O) groups is 1. The van der Waals surface area contributed by atoms with E-state index >= 15 is 0 Å². The molecule has 1 aromatic carbocycles. The Morgan fingerprint density at radius 3 is 2.84 bits per heavy atom. The minimum absolute atomic E-state index is 0.0156. The largest absolute Gasteiger partial charge is 0.478 e. The summed E-state index contributed by atoms with van der Waals surface area (Å²) in [5, 5.41) is 17.9. The summed E-state index contributed by atoms with van der Waals surface area (Å²) in [6.45, 7) is 0. The van der Waals surface area contributed by atoms with Crippen LogP contribution >= 0.6 is 0 Å². The van der Waals surface area contributed by atoms with Crippen LogP contribution in [-0.4, -0.2) is 16.1 Å². The van der Waals surface area contributed by atoms with Gasteiger partial charge < -0.3 is 9.84 Å². The second-order valence-electron chi connectivity index (χ2n) is 3.53. The normalized spacial score (nSPS) is 9.68. The van der Waals surface area contributed by atoms with Gasteiger partial charge in [0.15, 0.2) is 5.75 Å². The van der Waals surface area contributed by atoms with E-state index in [9.17, 15) is 9.18 Å². The molecule has 0 saturated carbocycles. The van der Waals surface area contributed by atoms with E-state index in [2.05, 4.69) is 4.98 Å². The van der Waals surface area contributed by atoms with E-state index in [4.69, 9.17) is 15.1 Å². The van der Waals surface area contributed by atoms with Crippen LogP contribution in [0.15, 0.2) is 36.7 Å². The van der Waals surface area contributed by atoms with Crippen LogP contribution in [0.5, 0.6) is 11.5 Å². The molecule has 0 atom stereocenters. The molecule has 0 bridgehead atoms. The Balaban J connectivity index is 2.43. The van der Waals surface area contributed by atoms with E-state index in [1.165, 1.54) is 24.5 Å². The van der Waals surface area contributed by atoms with Crippen molar-refractivity contribution < 1.29 is 19.0 Å². The van der Waals surface area contributed by atoms with Gasteiger partial charge in [-0.1, -0.05) is 0 Å². The average Bonchev–Trinajstić information content (AvgIpc) is 2.41. The summed E-state index contributed by atoms with van der Waals surface area (Å²) in [4.78, 5) is 14.7. The lowest BCUT2D eigenvalue weighted by molar-refractivity contribution is 0.0694. The van der Waals surface area contributed by atoms with Gasteiger partial charge in [0.1, 0.15) is 23.2 Å². The van der Waals surface area contributed by atoms with Crippen molar-refractivity contribution in [3.8, 4) is 17.6 Å². The summed E-state index contributed by atoms with van der Waals surface area (Å²) < 4.78 is 18.3.